The van der Waals surface area contributed by atoms with Gasteiger partial charge in [-0.05, 0) is 50.5 Å². The predicted octanol–water partition coefficient (Wildman–Crippen LogP) is 3.62. The number of aromatic nitrogens is 1. The van der Waals surface area contributed by atoms with Gasteiger partial charge in [-0.2, -0.15) is 0 Å². The number of pyridine rings is 1. The molecular formula is C19H23N3O2. The van der Waals surface area contributed by atoms with Crippen LogP contribution in [0.4, 0.5) is 11.5 Å². The van der Waals surface area contributed by atoms with Crippen LogP contribution in [0.3, 0.4) is 0 Å². The molecule has 5 nitrogen and oxygen atoms in total. The Hall–Kier alpha value is -2.40. The summed E-state index contributed by atoms with van der Waals surface area (Å²) >= 11 is 0. The number of ether oxygens (including phenoxy) is 1. The molecule has 0 aliphatic heterocycles. The second-order valence-corrected chi connectivity index (χ2v) is 6.26. The lowest BCUT2D eigenvalue weighted by atomic mass is 10.2. The third kappa shape index (κ3) is 4.11. The summed E-state index contributed by atoms with van der Waals surface area (Å²) in [6.45, 7) is 2.01. The first-order chi connectivity index (χ1) is 11.6. The molecule has 1 heterocycles. The SMILES string of the molecule is COC1CCC(Nc2ccc(C(=O)Nc3ccc(C)cc3)cn2)C1. The molecule has 2 N–H and O–H groups in total. The Morgan fingerprint density at radius 1 is 1.17 bits per heavy atom. The predicted molar refractivity (Wildman–Crippen MR) is 95.4 cm³/mol. The van der Waals surface area contributed by atoms with Gasteiger partial charge in [0, 0.05) is 25.0 Å². The monoisotopic (exact) mass is 325 g/mol. The van der Waals surface area contributed by atoms with Crippen molar-refractivity contribution in [3.05, 3.63) is 53.7 Å². The highest BCUT2D eigenvalue weighted by Crippen LogP contribution is 2.24. The highest BCUT2D eigenvalue weighted by Gasteiger charge is 2.24. The number of benzene rings is 1. The minimum absolute atomic E-state index is 0.154. The van der Waals surface area contributed by atoms with Gasteiger partial charge in [0.15, 0.2) is 0 Å². The molecule has 1 amide bonds. The standard InChI is InChI=1S/C19H23N3O2/c1-13-3-6-15(7-4-13)22-19(23)14-5-10-18(20-12-14)21-16-8-9-17(11-16)24-2/h3-7,10,12,16-17H,8-9,11H2,1-2H3,(H,20,21)(H,22,23). The summed E-state index contributed by atoms with van der Waals surface area (Å²) in [7, 11) is 1.76. The molecule has 0 bridgehead atoms. The van der Waals surface area contributed by atoms with Gasteiger partial charge in [-0.3, -0.25) is 4.79 Å². The Labute approximate surface area is 142 Å². The molecule has 1 aromatic carbocycles. The van der Waals surface area contributed by atoms with Crippen LogP contribution < -0.4 is 10.6 Å². The summed E-state index contributed by atoms with van der Waals surface area (Å²) in [5.41, 5.74) is 2.49. The van der Waals surface area contributed by atoms with Gasteiger partial charge in [-0.15, -0.1) is 0 Å². The third-order valence-corrected chi connectivity index (χ3v) is 4.40. The number of nitrogens with one attached hydrogen (secondary N) is 2. The highest BCUT2D eigenvalue weighted by molar-refractivity contribution is 6.04. The zero-order chi connectivity index (χ0) is 16.9. The van der Waals surface area contributed by atoms with E-state index in [1.54, 1.807) is 19.4 Å². The van der Waals surface area contributed by atoms with Gasteiger partial charge in [0.1, 0.15) is 5.82 Å². The number of hydrogen-bond acceptors (Lipinski definition) is 4. The van der Waals surface area contributed by atoms with E-state index in [-0.39, 0.29) is 5.91 Å². The van der Waals surface area contributed by atoms with Gasteiger partial charge in [0.05, 0.1) is 11.7 Å². The van der Waals surface area contributed by atoms with Gasteiger partial charge in [0.25, 0.3) is 5.91 Å². The summed E-state index contributed by atoms with van der Waals surface area (Å²) in [6.07, 6.45) is 5.09. The van der Waals surface area contributed by atoms with Crippen LogP contribution in [0.15, 0.2) is 42.6 Å². The van der Waals surface area contributed by atoms with Crippen LogP contribution in [0.2, 0.25) is 0 Å². The van der Waals surface area contributed by atoms with Crippen molar-refractivity contribution < 1.29 is 9.53 Å². The average molecular weight is 325 g/mol. The quantitative estimate of drug-likeness (QED) is 0.881. The molecule has 1 aromatic heterocycles. The van der Waals surface area contributed by atoms with Gasteiger partial charge >= 0.3 is 0 Å². The topological polar surface area (TPSA) is 63.2 Å². The maximum atomic E-state index is 12.2. The van der Waals surface area contributed by atoms with E-state index in [4.69, 9.17) is 4.74 Å². The molecule has 0 saturated heterocycles. The number of aryl methyl sites for hydroxylation is 1. The van der Waals surface area contributed by atoms with E-state index in [1.807, 2.05) is 37.3 Å². The third-order valence-electron chi connectivity index (χ3n) is 4.40. The summed E-state index contributed by atoms with van der Waals surface area (Å²) in [4.78, 5) is 16.6. The summed E-state index contributed by atoms with van der Waals surface area (Å²) in [5.74, 6) is 0.641. The lowest BCUT2D eigenvalue weighted by molar-refractivity contribution is 0.102. The molecule has 2 atom stereocenters. The molecule has 0 radical (unpaired) electrons. The normalized spacial score (nSPS) is 19.9. The minimum atomic E-state index is -0.154. The van der Waals surface area contributed by atoms with E-state index in [2.05, 4.69) is 15.6 Å². The molecule has 5 heteroatoms. The lowest BCUT2D eigenvalue weighted by Crippen LogP contribution is -2.18. The Morgan fingerprint density at radius 2 is 1.96 bits per heavy atom. The molecule has 2 aromatic rings. The summed E-state index contributed by atoms with van der Waals surface area (Å²) in [6, 6.07) is 11.7. The number of hydrogen-bond donors (Lipinski definition) is 2. The van der Waals surface area contributed by atoms with E-state index in [9.17, 15) is 4.79 Å². The smallest absolute Gasteiger partial charge is 0.257 e. The molecular weight excluding hydrogens is 302 g/mol. The van der Waals surface area contributed by atoms with Crippen LogP contribution >= 0.6 is 0 Å². The van der Waals surface area contributed by atoms with Crippen LogP contribution in [-0.4, -0.2) is 30.1 Å². The average Bonchev–Trinajstić information content (AvgIpc) is 3.05. The maximum Gasteiger partial charge on any atom is 0.257 e. The van der Waals surface area contributed by atoms with E-state index in [1.165, 1.54) is 0 Å². The van der Waals surface area contributed by atoms with Gasteiger partial charge < -0.3 is 15.4 Å². The summed E-state index contributed by atoms with van der Waals surface area (Å²) in [5, 5.41) is 6.28. The van der Waals surface area contributed by atoms with Crippen molar-refractivity contribution in [1.82, 2.24) is 4.98 Å². The molecule has 0 spiro atoms. The Bertz CT molecular complexity index is 683. The number of methoxy groups -OCH3 is 1. The molecule has 2 unspecified atom stereocenters. The van der Waals surface area contributed by atoms with Crippen LogP contribution in [-0.2, 0) is 4.74 Å². The minimum Gasteiger partial charge on any atom is -0.381 e. The Morgan fingerprint density at radius 3 is 2.58 bits per heavy atom. The molecule has 126 valence electrons. The van der Waals surface area contributed by atoms with Crippen molar-refractivity contribution in [2.24, 2.45) is 0 Å². The van der Waals surface area contributed by atoms with Crippen molar-refractivity contribution in [1.29, 1.82) is 0 Å². The fraction of sp³-hybridized carbons (Fsp3) is 0.368. The fourth-order valence-electron chi connectivity index (χ4n) is 2.95. The molecule has 1 fully saturated rings. The molecule has 3 rings (SSSR count). The number of rotatable bonds is 5. The van der Waals surface area contributed by atoms with Gasteiger partial charge in [-0.25, -0.2) is 4.98 Å². The van der Waals surface area contributed by atoms with Crippen molar-refractivity contribution >= 4 is 17.4 Å². The number of amides is 1. The van der Waals surface area contributed by atoms with Crippen molar-refractivity contribution in [3.63, 3.8) is 0 Å². The molecule has 24 heavy (non-hydrogen) atoms. The lowest BCUT2D eigenvalue weighted by Gasteiger charge is -2.13. The fourth-order valence-corrected chi connectivity index (χ4v) is 2.95. The number of carbonyl (C=O) groups is 1. The molecule has 1 saturated carbocycles. The second-order valence-electron chi connectivity index (χ2n) is 6.26. The van der Waals surface area contributed by atoms with E-state index in [0.717, 1.165) is 36.3 Å². The largest absolute Gasteiger partial charge is 0.381 e. The van der Waals surface area contributed by atoms with Gasteiger partial charge in [0.2, 0.25) is 0 Å². The van der Waals surface area contributed by atoms with Crippen molar-refractivity contribution in [2.75, 3.05) is 17.7 Å². The van der Waals surface area contributed by atoms with Crippen LogP contribution in [0.1, 0.15) is 35.2 Å². The maximum absolute atomic E-state index is 12.2. The van der Waals surface area contributed by atoms with Crippen LogP contribution in [0.25, 0.3) is 0 Å². The first kappa shape index (κ1) is 16.5. The summed E-state index contributed by atoms with van der Waals surface area (Å²) < 4.78 is 5.38. The van der Waals surface area contributed by atoms with Gasteiger partial charge in [-0.1, -0.05) is 17.7 Å². The molecule has 1 aliphatic carbocycles. The van der Waals surface area contributed by atoms with E-state index < -0.39 is 0 Å². The zero-order valence-electron chi connectivity index (χ0n) is 14.1. The van der Waals surface area contributed by atoms with Crippen molar-refractivity contribution in [2.45, 2.75) is 38.3 Å². The highest BCUT2D eigenvalue weighted by atomic mass is 16.5. The number of carbonyl (C=O) groups excluding carboxylic acids is 1. The number of anilines is 2. The van der Waals surface area contributed by atoms with E-state index in [0.29, 0.717) is 17.7 Å². The molecule has 1 aliphatic rings. The second kappa shape index (κ2) is 7.45. The Balaban J connectivity index is 1.57. The van der Waals surface area contributed by atoms with Crippen LogP contribution in [0.5, 0.6) is 0 Å². The first-order valence-corrected chi connectivity index (χ1v) is 8.27. The van der Waals surface area contributed by atoms with E-state index >= 15 is 0 Å². The van der Waals surface area contributed by atoms with Crippen LogP contribution in [0, 0.1) is 6.92 Å². The number of nitrogens with zero attached hydrogens (tertiary/aromatic N) is 1. The zero-order valence-corrected chi connectivity index (χ0v) is 14.1. The Kier molecular flexibility index (Phi) is 5.11. The first-order valence-electron chi connectivity index (χ1n) is 8.27. The van der Waals surface area contributed by atoms with Crippen molar-refractivity contribution in [3.8, 4) is 0 Å².